The Hall–Kier alpha value is -0.120. The molecule has 1 heterocycles. The number of hydrogen-bond donors (Lipinski definition) is 1. The van der Waals surface area contributed by atoms with Gasteiger partial charge in [0, 0.05) is 19.4 Å². The summed E-state index contributed by atoms with van der Waals surface area (Å²) in [4.78, 5) is 0. The van der Waals surface area contributed by atoms with Gasteiger partial charge in [0.15, 0.2) is 5.79 Å². The van der Waals surface area contributed by atoms with E-state index < -0.39 is 0 Å². The minimum absolute atomic E-state index is 0.252. The van der Waals surface area contributed by atoms with Crippen LogP contribution in [0.2, 0.25) is 0 Å². The zero-order chi connectivity index (χ0) is 10.7. The van der Waals surface area contributed by atoms with Crippen LogP contribution in [-0.4, -0.2) is 30.2 Å². The van der Waals surface area contributed by atoms with E-state index >= 15 is 0 Å². The zero-order valence-corrected chi connectivity index (χ0v) is 9.58. The summed E-state index contributed by atoms with van der Waals surface area (Å²) in [5.41, 5.74) is 0. The molecule has 0 aromatic heterocycles. The highest BCUT2D eigenvalue weighted by molar-refractivity contribution is 4.92. The summed E-state index contributed by atoms with van der Waals surface area (Å²) in [6.07, 6.45) is 6.76. The predicted molar refractivity (Wildman–Crippen MR) is 57.5 cm³/mol. The Balaban J connectivity index is 1.70. The van der Waals surface area contributed by atoms with Gasteiger partial charge in [-0.05, 0) is 18.8 Å². The Labute approximate surface area is 91.8 Å². The molecule has 3 heteroatoms. The van der Waals surface area contributed by atoms with Crippen LogP contribution in [0.25, 0.3) is 0 Å². The summed E-state index contributed by atoms with van der Waals surface area (Å²) in [7, 11) is 0. The maximum absolute atomic E-state index is 8.82. The molecule has 1 saturated carbocycles. The average molecular weight is 214 g/mol. The van der Waals surface area contributed by atoms with E-state index in [1.54, 1.807) is 0 Å². The molecule has 2 rings (SSSR count). The van der Waals surface area contributed by atoms with Gasteiger partial charge < -0.3 is 14.6 Å². The summed E-state index contributed by atoms with van der Waals surface area (Å²) < 4.78 is 11.7. The van der Waals surface area contributed by atoms with Crippen molar-refractivity contribution >= 4 is 0 Å². The van der Waals surface area contributed by atoms with Gasteiger partial charge in [0.05, 0.1) is 12.7 Å². The minimum Gasteiger partial charge on any atom is -0.396 e. The highest BCUT2D eigenvalue weighted by Crippen LogP contribution is 2.47. The second-order valence-corrected chi connectivity index (χ2v) is 4.89. The van der Waals surface area contributed by atoms with Crippen molar-refractivity contribution in [2.45, 2.75) is 57.3 Å². The van der Waals surface area contributed by atoms with Crippen LogP contribution < -0.4 is 0 Å². The maximum atomic E-state index is 8.82. The molecule has 0 amide bonds. The molecule has 1 unspecified atom stereocenters. The van der Waals surface area contributed by atoms with Crippen LogP contribution in [-0.2, 0) is 9.47 Å². The van der Waals surface area contributed by atoms with Crippen molar-refractivity contribution in [3.8, 4) is 0 Å². The van der Waals surface area contributed by atoms with E-state index in [2.05, 4.69) is 6.92 Å². The predicted octanol–water partition coefficient (Wildman–Crippen LogP) is 2.08. The van der Waals surface area contributed by atoms with E-state index in [0.29, 0.717) is 18.6 Å². The summed E-state index contributed by atoms with van der Waals surface area (Å²) >= 11 is 0. The average Bonchev–Trinajstić information content (AvgIpc) is 2.59. The van der Waals surface area contributed by atoms with Gasteiger partial charge in [-0.2, -0.15) is 0 Å². The van der Waals surface area contributed by atoms with Gasteiger partial charge in [-0.3, -0.25) is 0 Å². The maximum Gasteiger partial charge on any atom is 0.169 e. The Morgan fingerprint density at radius 2 is 2.13 bits per heavy atom. The van der Waals surface area contributed by atoms with Gasteiger partial charge in [-0.1, -0.05) is 19.8 Å². The fraction of sp³-hybridized carbons (Fsp3) is 1.00. The topological polar surface area (TPSA) is 38.7 Å². The van der Waals surface area contributed by atoms with Crippen molar-refractivity contribution in [1.29, 1.82) is 0 Å². The van der Waals surface area contributed by atoms with Gasteiger partial charge in [0.1, 0.15) is 0 Å². The van der Waals surface area contributed by atoms with Crippen molar-refractivity contribution in [3.63, 3.8) is 0 Å². The first kappa shape index (κ1) is 11.4. The van der Waals surface area contributed by atoms with Gasteiger partial charge in [0.25, 0.3) is 0 Å². The molecule has 2 fully saturated rings. The zero-order valence-electron chi connectivity index (χ0n) is 9.58. The second-order valence-electron chi connectivity index (χ2n) is 4.89. The monoisotopic (exact) mass is 214 g/mol. The molecule has 0 aromatic carbocycles. The number of unbranched alkanes of at least 4 members (excludes halogenated alkanes) is 1. The molecule has 88 valence electrons. The van der Waals surface area contributed by atoms with E-state index in [4.69, 9.17) is 14.6 Å². The highest BCUT2D eigenvalue weighted by Gasteiger charge is 2.51. The SMILES string of the molecule is CCCCC1COC2(CC(CCO)C2)O1. The third kappa shape index (κ3) is 2.52. The van der Waals surface area contributed by atoms with Crippen molar-refractivity contribution in [1.82, 2.24) is 0 Å². The molecular weight excluding hydrogens is 192 g/mol. The van der Waals surface area contributed by atoms with Crippen LogP contribution in [0.4, 0.5) is 0 Å². The molecule has 1 spiro atoms. The first-order valence-electron chi connectivity index (χ1n) is 6.20. The standard InChI is InChI=1S/C12H22O3/c1-2-3-4-11-9-14-12(15-11)7-10(8-12)5-6-13/h10-11,13H,2-9H2,1H3. The van der Waals surface area contributed by atoms with Gasteiger partial charge >= 0.3 is 0 Å². The minimum atomic E-state index is -0.252. The molecule has 1 atom stereocenters. The van der Waals surface area contributed by atoms with Crippen LogP contribution in [0, 0.1) is 5.92 Å². The van der Waals surface area contributed by atoms with Crippen LogP contribution in [0.15, 0.2) is 0 Å². The molecule has 1 aliphatic heterocycles. The second kappa shape index (κ2) is 4.81. The van der Waals surface area contributed by atoms with Crippen LogP contribution in [0.1, 0.15) is 45.4 Å². The third-order valence-electron chi connectivity index (χ3n) is 3.53. The number of aliphatic hydroxyl groups is 1. The Kier molecular flexibility index (Phi) is 3.65. The van der Waals surface area contributed by atoms with E-state index in [0.717, 1.165) is 32.3 Å². The highest BCUT2D eigenvalue weighted by atomic mass is 16.7. The van der Waals surface area contributed by atoms with Crippen molar-refractivity contribution in [3.05, 3.63) is 0 Å². The van der Waals surface area contributed by atoms with Crippen LogP contribution in [0.3, 0.4) is 0 Å². The number of hydrogen-bond acceptors (Lipinski definition) is 3. The molecule has 3 nitrogen and oxygen atoms in total. The third-order valence-corrected chi connectivity index (χ3v) is 3.53. The van der Waals surface area contributed by atoms with Gasteiger partial charge in [-0.15, -0.1) is 0 Å². The lowest BCUT2D eigenvalue weighted by molar-refractivity contribution is -0.240. The summed E-state index contributed by atoms with van der Waals surface area (Å²) in [6, 6.07) is 0. The lowest BCUT2D eigenvalue weighted by Gasteiger charge is -2.43. The normalized spacial score (nSPS) is 39.6. The molecular formula is C12H22O3. The Morgan fingerprint density at radius 1 is 1.33 bits per heavy atom. The van der Waals surface area contributed by atoms with Crippen molar-refractivity contribution in [2.75, 3.05) is 13.2 Å². The lowest BCUT2D eigenvalue weighted by Crippen LogP contribution is -2.45. The first-order valence-corrected chi connectivity index (χ1v) is 6.20. The fourth-order valence-electron chi connectivity index (χ4n) is 2.61. The van der Waals surface area contributed by atoms with E-state index in [1.165, 1.54) is 12.8 Å². The fourth-order valence-corrected chi connectivity index (χ4v) is 2.61. The summed E-state index contributed by atoms with van der Waals surface area (Å²) in [5.74, 6) is 0.359. The van der Waals surface area contributed by atoms with Crippen LogP contribution >= 0.6 is 0 Å². The molecule has 1 saturated heterocycles. The van der Waals surface area contributed by atoms with E-state index in [9.17, 15) is 0 Å². The smallest absolute Gasteiger partial charge is 0.169 e. The number of aliphatic hydroxyl groups excluding tert-OH is 1. The van der Waals surface area contributed by atoms with Gasteiger partial charge in [-0.25, -0.2) is 0 Å². The molecule has 2 aliphatic rings. The van der Waals surface area contributed by atoms with Crippen molar-refractivity contribution < 1.29 is 14.6 Å². The lowest BCUT2D eigenvalue weighted by atomic mass is 9.77. The van der Waals surface area contributed by atoms with Gasteiger partial charge in [0.2, 0.25) is 0 Å². The molecule has 1 N–H and O–H groups in total. The summed E-state index contributed by atoms with van der Waals surface area (Å²) in [5, 5.41) is 8.82. The quantitative estimate of drug-likeness (QED) is 0.761. The molecule has 1 aliphatic carbocycles. The summed E-state index contributed by atoms with van der Waals surface area (Å²) in [6.45, 7) is 3.26. The van der Waals surface area contributed by atoms with E-state index in [-0.39, 0.29) is 5.79 Å². The molecule has 0 aromatic rings. The Morgan fingerprint density at radius 3 is 2.80 bits per heavy atom. The molecule has 0 radical (unpaired) electrons. The molecule has 0 bridgehead atoms. The Bertz CT molecular complexity index is 199. The number of ether oxygens (including phenoxy) is 2. The number of rotatable bonds is 5. The van der Waals surface area contributed by atoms with E-state index in [1.807, 2.05) is 0 Å². The van der Waals surface area contributed by atoms with Crippen molar-refractivity contribution in [2.24, 2.45) is 5.92 Å². The largest absolute Gasteiger partial charge is 0.396 e. The van der Waals surface area contributed by atoms with Crippen LogP contribution in [0.5, 0.6) is 0 Å². The first-order chi connectivity index (χ1) is 7.28. The molecule has 15 heavy (non-hydrogen) atoms.